The van der Waals surface area contributed by atoms with E-state index < -0.39 is 0 Å². The fraction of sp³-hybridized carbons (Fsp3) is 0.263. The minimum Gasteiger partial charge on any atom is -0.352 e. The average molecular weight is 383 g/mol. The highest BCUT2D eigenvalue weighted by Gasteiger charge is 2.11. The Balaban J connectivity index is 1.61. The van der Waals surface area contributed by atoms with Crippen LogP contribution in [0.15, 0.2) is 52.7 Å². The second-order valence-corrected chi connectivity index (χ2v) is 6.79. The number of thioether (sulfide) groups is 1. The first-order valence-electron chi connectivity index (χ1n) is 8.57. The third kappa shape index (κ3) is 4.65. The third-order valence-corrected chi connectivity index (χ3v) is 4.79. The van der Waals surface area contributed by atoms with Gasteiger partial charge in [-0.3, -0.25) is 9.59 Å². The Morgan fingerprint density at radius 2 is 2.11 bits per heavy atom. The van der Waals surface area contributed by atoms with E-state index >= 15 is 0 Å². The Hall–Kier alpha value is -2.87. The second-order valence-electron chi connectivity index (χ2n) is 6.00. The van der Waals surface area contributed by atoms with Crippen LogP contribution in [0.3, 0.4) is 0 Å². The van der Waals surface area contributed by atoms with Gasteiger partial charge in [-0.2, -0.15) is 5.10 Å². The van der Waals surface area contributed by atoms with E-state index in [1.54, 1.807) is 17.8 Å². The number of para-hydroxylation sites is 1. The Labute approximate surface area is 161 Å². The number of nitrogens with one attached hydrogen (secondary N) is 2. The molecule has 27 heavy (non-hydrogen) atoms. The van der Waals surface area contributed by atoms with Crippen LogP contribution in [0.4, 0.5) is 0 Å². The lowest BCUT2D eigenvalue weighted by atomic mass is 10.1. The van der Waals surface area contributed by atoms with Crippen LogP contribution in [0.2, 0.25) is 0 Å². The van der Waals surface area contributed by atoms with Gasteiger partial charge in [-0.25, -0.2) is 9.67 Å². The maximum atomic E-state index is 12.3. The first-order valence-corrected chi connectivity index (χ1v) is 9.79. The largest absolute Gasteiger partial charge is 0.352 e. The summed E-state index contributed by atoms with van der Waals surface area (Å²) in [5.41, 5.74) is 2.94. The number of rotatable bonds is 7. The summed E-state index contributed by atoms with van der Waals surface area (Å²) in [6.45, 7) is 2.19. The number of benzene rings is 1. The molecule has 0 fully saturated rings. The molecule has 2 aromatic heterocycles. The second kappa shape index (κ2) is 8.68. The molecule has 0 atom stereocenters. The number of aryl methyl sites for hydroxylation is 1. The van der Waals surface area contributed by atoms with Gasteiger partial charge >= 0.3 is 0 Å². The molecule has 0 spiro atoms. The average Bonchev–Trinajstić information content (AvgIpc) is 3.20. The number of amides is 1. The van der Waals surface area contributed by atoms with Gasteiger partial charge in [0, 0.05) is 36.6 Å². The van der Waals surface area contributed by atoms with E-state index in [1.807, 2.05) is 42.8 Å². The fourth-order valence-electron chi connectivity index (χ4n) is 2.79. The molecule has 0 unspecified atom stereocenters. The molecule has 0 aliphatic carbocycles. The van der Waals surface area contributed by atoms with E-state index in [0.29, 0.717) is 29.4 Å². The van der Waals surface area contributed by atoms with Gasteiger partial charge in [0.25, 0.3) is 5.56 Å². The zero-order valence-electron chi connectivity index (χ0n) is 15.2. The van der Waals surface area contributed by atoms with Crippen molar-refractivity contribution in [1.82, 2.24) is 25.1 Å². The number of aromatic nitrogens is 4. The molecular weight excluding hydrogens is 362 g/mol. The summed E-state index contributed by atoms with van der Waals surface area (Å²) in [6, 6.07) is 9.62. The molecule has 0 aliphatic rings. The van der Waals surface area contributed by atoms with Crippen molar-refractivity contribution >= 4 is 17.7 Å². The van der Waals surface area contributed by atoms with E-state index in [2.05, 4.69) is 20.4 Å². The molecular formula is C19H21N5O2S. The van der Waals surface area contributed by atoms with Crippen LogP contribution in [0, 0.1) is 6.92 Å². The van der Waals surface area contributed by atoms with Gasteiger partial charge < -0.3 is 10.3 Å². The molecule has 3 rings (SSSR count). The zero-order valence-corrected chi connectivity index (χ0v) is 16.0. The number of nitrogens with zero attached hydrogens (tertiary/aromatic N) is 3. The molecule has 2 heterocycles. The molecule has 0 saturated heterocycles. The predicted molar refractivity (Wildman–Crippen MR) is 105 cm³/mol. The Morgan fingerprint density at radius 1 is 1.30 bits per heavy atom. The molecule has 140 valence electrons. The molecule has 3 aromatic rings. The normalized spacial score (nSPS) is 10.7. The van der Waals surface area contributed by atoms with Crippen LogP contribution < -0.4 is 10.9 Å². The molecule has 0 saturated carbocycles. The Morgan fingerprint density at radius 3 is 2.81 bits per heavy atom. The van der Waals surface area contributed by atoms with Crippen molar-refractivity contribution in [3.8, 4) is 5.69 Å². The summed E-state index contributed by atoms with van der Waals surface area (Å²) in [5.74, 6) is -0.113. The molecule has 0 bridgehead atoms. The van der Waals surface area contributed by atoms with Crippen LogP contribution in [0.5, 0.6) is 0 Å². The fourth-order valence-corrected chi connectivity index (χ4v) is 3.21. The number of aromatic amines is 1. The minimum atomic E-state index is -0.177. The third-order valence-electron chi connectivity index (χ3n) is 4.21. The highest BCUT2D eigenvalue weighted by atomic mass is 32.2. The van der Waals surface area contributed by atoms with E-state index in [-0.39, 0.29) is 17.9 Å². The molecule has 8 heteroatoms. The zero-order chi connectivity index (χ0) is 19.2. The van der Waals surface area contributed by atoms with Gasteiger partial charge in [0.2, 0.25) is 5.91 Å². The van der Waals surface area contributed by atoms with Crippen molar-refractivity contribution < 1.29 is 4.79 Å². The lowest BCUT2D eigenvalue weighted by Crippen LogP contribution is -2.25. The van der Waals surface area contributed by atoms with E-state index in [1.165, 1.54) is 11.8 Å². The molecule has 7 nitrogen and oxygen atoms in total. The summed E-state index contributed by atoms with van der Waals surface area (Å²) in [6.07, 6.45) is 6.02. The van der Waals surface area contributed by atoms with Crippen LogP contribution in [-0.2, 0) is 17.8 Å². The van der Waals surface area contributed by atoms with E-state index in [4.69, 9.17) is 0 Å². The number of carbonyl (C=O) groups is 1. The quantitative estimate of drug-likeness (QED) is 0.482. The summed E-state index contributed by atoms with van der Waals surface area (Å²) in [7, 11) is 0. The van der Waals surface area contributed by atoms with Crippen molar-refractivity contribution in [2.24, 2.45) is 0 Å². The van der Waals surface area contributed by atoms with Crippen molar-refractivity contribution in [2.75, 3.05) is 6.26 Å². The first-order chi connectivity index (χ1) is 13.1. The lowest BCUT2D eigenvalue weighted by Gasteiger charge is -2.11. The van der Waals surface area contributed by atoms with Crippen molar-refractivity contribution in [3.05, 3.63) is 69.9 Å². The summed E-state index contributed by atoms with van der Waals surface area (Å²) < 4.78 is 1.77. The maximum absolute atomic E-state index is 12.3. The molecule has 1 aromatic carbocycles. The topological polar surface area (TPSA) is 92.7 Å². The minimum absolute atomic E-state index is 0.113. The highest BCUT2D eigenvalue weighted by Crippen LogP contribution is 2.13. The summed E-state index contributed by atoms with van der Waals surface area (Å²) >= 11 is 1.38. The number of carbonyl (C=O) groups excluding carboxylic acids is 1. The maximum Gasteiger partial charge on any atom is 0.254 e. The highest BCUT2D eigenvalue weighted by molar-refractivity contribution is 7.98. The molecule has 0 radical (unpaired) electrons. The van der Waals surface area contributed by atoms with Crippen LogP contribution >= 0.6 is 11.8 Å². The Bertz CT molecular complexity index is 982. The molecule has 2 N–H and O–H groups in total. The predicted octanol–water partition coefficient (Wildman–Crippen LogP) is 2.23. The SMILES string of the molecule is CSc1nc(C)c(CCC(=O)NCc2ccccc2-n2cccn2)c(=O)[nH]1. The lowest BCUT2D eigenvalue weighted by molar-refractivity contribution is -0.121. The van der Waals surface area contributed by atoms with Gasteiger partial charge in [-0.15, -0.1) is 0 Å². The van der Waals surface area contributed by atoms with E-state index in [9.17, 15) is 9.59 Å². The first kappa shape index (κ1) is 18.9. The van der Waals surface area contributed by atoms with Crippen LogP contribution in [0.25, 0.3) is 5.69 Å². The van der Waals surface area contributed by atoms with Gasteiger partial charge in [-0.05, 0) is 37.3 Å². The van der Waals surface area contributed by atoms with Gasteiger partial charge in [0.1, 0.15) is 0 Å². The smallest absolute Gasteiger partial charge is 0.254 e. The van der Waals surface area contributed by atoms with Gasteiger partial charge in [0.15, 0.2) is 5.16 Å². The van der Waals surface area contributed by atoms with Crippen molar-refractivity contribution in [1.29, 1.82) is 0 Å². The number of hydrogen-bond donors (Lipinski definition) is 2. The Kier molecular flexibility index (Phi) is 6.08. The van der Waals surface area contributed by atoms with Crippen LogP contribution in [-0.4, -0.2) is 31.9 Å². The standard InChI is InChI=1S/C19H21N5O2S/c1-13-15(18(26)23-19(22-13)27-2)8-9-17(25)20-12-14-6-3-4-7-16(14)24-11-5-10-21-24/h3-7,10-11H,8-9,12H2,1-2H3,(H,20,25)(H,22,23,26). The monoisotopic (exact) mass is 383 g/mol. The van der Waals surface area contributed by atoms with Crippen molar-refractivity contribution in [3.63, 3.8) is 0 Å². The van der Waals surface area contributed by atoms with Gasteiger partial charge in [-0.1, -0.05) is 30.0 Å². The van der Waals surface area contributed by atoms with E-state index in [0.717, 1.165) is 11.3 Å². The number of hydrogen-bond acceptors (Lipinski definition) is 5. The molecule has 0 aliphatic heterocycles. The summed E-state index contributed by atoms with van der Waals surface area (Å²) in [4.78, 5) is 31.5. The van der Waals surface area contributed by atoms with Crippen LogP contribution in [0.1, 0.15) is 23.2 Å². The molecule has 1 amide bonds. The van der Waals surface area contributed by atoms with Crippen molar-refractivity contribution in [2.45, 2.75) is 31.5 Å². The number of H-pyrrole nitrogens is 1. The van der Waals surface area contributed by atoms with Gasteiger partial charge in [0.05, 0.1) is 5.69 Å². The summed E-state index contributed by atoms with van der Waals surface area (Å²) in [5, 5.41) is 7.74.